The molecular weight excluding hydrogens is 266 g/mol. The van der Waals surface area contributed by atoms with Crippen LogP contribution in [0.4, 0.5) is 0 Å². The first-order valence-corrected chi connectivity index (χ1v) is 6.94. The number of nitrogens with one attached hydrogen (secondary N) is 1. The minimum Gasteiger partial charge on any atom is -0.480 e. The van der Waals surface area contributed by atoms with Crippen LogP contribution in [0.25, 0.3) is 0 Å². The third-order valence-electron chi connectivity index (χ3n) is 3.52. The highest BCUT2D eigenvalue weighted by Gasteiger charge is 2.29. The first-order valence-electron chi connectivity index (χ1n) is 6.57. The summed E-state index contributed by atoms with van der Waals surface area (Å²) in [6.45, 7) is 1.36. The summed E-state index contributed by atoms with van der Waals surface area (Å²) in [6, 6.07) is 5.43. The maximum absolute atomic E-state index is 12.0. The van der Waals surface area contributed by atoms with Crippen LogP contribution in [0, 0.1) is 0 Å². The third-order valence-corrected chi connectivity index (χ3v) is 3.75. The SMILES string of the molecule is O=C(NC[C@@H]1CCCO1)[C@@H]1Cc2cc(Cl)ccc2O1. The monoisotopic (exact) mass is 281 g/mol. The van der Waals surface area contributed by atoms with Crippen molar-refractivity contribution in [1.82, 2.24) is 5.32 Å². The predicted molar refractivity (Wildman–Crippen MR) is 71.6 cm³/mol. The molecule has 19 heavy (non-hydrogen) atoms. The van der Waals surface area contributed by atoms with E-state index in [-0.39, 0.29) is 12.0 Å². The third kappa shape index (κ3) is 2.85. The van der Waals surface area contributed by atoms with Gasteiger partial charge in [-0.15, -0.1) is 0 Å². The molecule has 0 bridgehead atoms. The molecule has 2 heterocycles. The van der Waals surface area contributed by atoms with Gasteiger partial charge in [-0.25, -0.2) is 0 Å². The van der Waals surface area contributed by atoms with Crippen LogP contribution in [0.1, 0.15) is 18.4 Å². The normalized spacial score (nSPS) is 24.9. The highest BCUT2D eigenvalue weighted by molar-refractivity contribution is 6.30. The quantitative estimate of drug-likeness (QED) is 0.921. The molecule has 0 aliphatic carbocycles. The van der Waals surface area contributed by atoms with E-state index in [9.17, 15) is 4.79 Å². The van der Waals surface area contributed by atoms with Crippen LogP contribution < -0.4 is 10.1 Å². The molecule has 0 unspecified atom stereocenters. The van der Waals surface area contributed by atoms with Gasteiger partial charge in [0.1, 0.15) is 5.75 Å². The topological polar surface area (TPSA) is 47.6 Å². The predicted octanol–water partition coefficient (Wildman–Crippen LogP) is 1.94. The molecule has 0 radical (unpaired) electrons. The molecule has 1 aromatic carbocycles. The van der Waals surface area contributed by atoms with Crippen LogP contribution in [0.15, 0.2) is 18.2 Å². The van der Waals surface area contributed by atoms with Crippen molar-refractivity contribution < 1.29 is 14.3 Å². The Kier molecular flexibility index (Phi) is 3.62. The van der Waals surface area contributed by atoms with Gasteiger partial charge in [-0.2, -0.15) is 0 Å². The number of hydrogen-bond acceptors (Lipinski definition) is 3. The van der Waals surface area contributed by atoms with E-state index in [1.807, 2.05) is 12.1 Å². The van der Waals surface area contributed by atoms with Crippen LogP contribution in [0.5, 0.6) is 5.75 Å². The van der Waals surface area contributed by atoms with Crippen LogP contribution >= 0.6 is 11.6 Å². The second kappa shape index (κ2) is 5.39. The standard InChI is InChI=1S/C14H16ClNO3/c15-10-3-4-12-9(6-10)7-13(19-12)14(17)16-8-11-2-1-5-18-11/h3-4,6,11,13H,1-2,5,7-8H2,(H,16,17)/t11-,13-/m0/s1. The summed E-state index contributed by atoms with van der Waals surface area (Å²) in [7, 11) is 0. The minimum absolute atomic E-state index is 0.0807. The average molecular weight is 282 g/mol. The fourth-order valence-electron chi connectivity index (χ4n) is 2.50. The first kappa shape index (κ1) is 12.8. The minimum atomic E-state index is -0.449. The number of rotatable bonds is 3. The zero-order valence-electron chi connectivity index (χ0n) is 10.5. The van der Waals surface area contributed by atoms with Gasteiger partial charge in [0.25, 0.3) is 5.91 Å². The lowest BCUT2D eigenvalue weighted by molar-refractivity contribution is -0.127. The summed E-state index contributed by atoms with van der Waals surface area (Å²) in [5, 5.41) is 3.56. The number of ether oxygens (including phenoxy) is 2. The van der Waals surface area contributed by atoms with E-state index in [0.29, 0.717) is 18.0 Å². The lowest BCUT2D eigenvalue weighted by Gasteiger charge is -2.14. The Labute approximate surface area is 117 Å². The molecule has 1 aromatic rings. The van der Waals surface area contributed by atoms with Gasteiger partial charge < -0.3 is 14.8 Å². The van der Waals surface area contributed by atoms with Gasteiger partial charge in [-0.05, 0) is 36.6 Å². The zero-order chi connectivity index (χ0) is 13.2. The summed E-state index contributed by atoms with van der Waals surface area (Å²) in [6.07, 6.45) is 2.37. The first-order chi connectivity index (χ1) is 9.22. The molecule has 1 amide bonds. The number of benzene rings is 1. The van der Waals surface area contributed by atoms with Crippen molar-refractivity contribution in [1.29, 1.82) is 0 Å². The molecule has 3 rings (SSSR count). The van der Waals surface area contributed by atoms with E-state index in [2.05, 4.69) is 5.32 Å². The van der Waals surface area contributed by atoms with Crippen LogP contribution in [0.3, 0.4) is 0 Å². The summed E-state index contributed by atoms with van der Waals surface area (Å²) in [5.74, 6) is 0.671. The van der Waals surface area contributed by atoms with Gasteiger partial charge in [0, 0.05) is 24.6 Å². The van der Waals surface area contributed by atoms with E-state index >= 15 is 0 Å². The Morgan fingerprint density at radius 3 is 3.16 bits per heavy atom. The molecule has 1 N–H and O–H groups in total. The molecule has 2 aliphatic rings. The van der Waals surface area contributed by atoms with Crippen molar-refractivity contribution in [3.05, 3.63) is 28.8 Å². The van der Waals surface area contributed by atoms with Crippen LogP contribution in [-0.4, -0.2) is 31.3 Å². The van der Waals surface area contributed by atoms with Crippen molar-refractivity contribution in [3.63, 3.8) is 0 Å². The van der Waals surface area contributed by atoms with E-state index < -0.39 is 6.10 Å². The Morgan fingerprint density at radius 2 is 2.37 bits per heavy atom. The van der Waals surface area contributed by atoms with E-state index in [1.165, 1.54) is 0 Å². The van der Waals surface area contributed by atoms with Crippen LogP contribution in [0.2, 0.25) is 5.02 Å². The van der Waals surface area contributed by atoms with Crippen molar-refractivity contribution in [3.8, 4) is 5.75 Å². The number of fused-ring (bicyclic) bond motifs is 1. The van der Waals surface area contributed by atoms with Crippen molar-refractivity contribution >= 4 is 17.5 Å². The summed E-state index contributed by atoms with van der Waals surface area (Å²) < 4.78 is 11.1. The van der Waals surface area contributed by atoms with Gasteiger partial charge >= 0.3 is 0 Å². The number of hydrogen-bond donors (Lipinski definition) is 1. The molecule has 4 nitrogen and oxygen atoms in total. The highest BCUT2D eigenvalue weighted by atomic mass is 35.5. The Morgan fingerprint density at radius 1 is 1.47 bits per heavy atom. The van der Waals surface area contributed by atoms with Crippen molar-refractivity contribution in [2.45, 2.75) is 31.5 Å². The number of halogens is 1. The fraction of sp³-hybridized carbons (Fsp3) is 0.500. The van der Waals surface area contributed by atoms with Gasteiger partial charge in [-0.1, -0.05) is 11.6 Å². The average Bonchev–Trinajstić information content (AvgIpc) is 3.04. The lowest BCUT2D eigenvalue weighted by atomic mass is 10.1. The molecule has 1 saturated heterocycles. The molecule has 0 spiro atoms. The van der Waals surface area contributed by atoms with Gasteiger partial charge in [0.15, 0.2) is 6.10 Å². The van der Waals surface area contributed by atoms with E-state index in [1.54, 1.807) is 6.07 Å². The zero-order valence-corrected chi connectivity index (χ0v) is 11.3. The Hall–Kier alpha value is -1.26. The molecule has 2 atom stereocenters. The number of carbonyl (C=O) groups is 1. The molecule has 102 valence electrons. The summed E-state index contributed by atoms with van der Waals surface area (Å²) in [5.41, 5.74) is 0.991. The summed E-state index contributed by atoms with van der Waals surface area (Å²) >= 11 is 5.93. The fourth-order valence-corrected chi connectivity index (χ4v) is 2.69. The Bertz CT molecular complexity index is 486. The Balaban J connectivity index is 1.55. The second-order valence-corrected chi connectivity index (χ2v) is 5.38. The smallest absolute Gasteiger partial charge is 0.261 e. The molecular formula is C14H16ClNO3. The molecule has 5 heteroatoms. The van der Waals surface area contributed by atoms with Crippen molar-refractivity contribution in [2.24, 2.45) is 0 Å². The molecule has 1 fully saturated rings. The second-order valence-electron chi connectivity index (χ2n) is 4.94. The summed E-state index contributed by atoms with van der Waals surface area (Å²) in [4.78, 5) is 12.0. The molecule has 2 aliphatic heterocycles. The maximum Gasteiger partial charge on any atom is 0.261 e. The van der Waals surface area contributed by atoms with Gasteiger partial charge in [-0.3, -0.25) is 4.79 Å². The van der Waals surface area contributed by atoms with Crippen LogP contribution in [-0.2, 0) is 16.0 Å². The molecule has 0 saturated carbocycles. The largest absolute Gasteiger partial charge is 0.480 e. The maximum atomic E-state index is 12.0. The van der Waals surface area contributed by atoms with E-state index in [0.717, 1.165) is 30.8 Å². The van der Waals surface area contributed by atoms with E-state index in [4.69, 9.17) is 21.1 Å². The number of amides is 1. The van der Waals surface area contributed by atoms with Crippen molar-refractivity contribution in [2.75, 3.05) is 13.2 Å². The number of carbonyl (C=O) groups excluding carboxylic acids is 1. The molecule has 0 aromatic heterocycles. The van der Waals surface area contributed by atoms with Gasteiger partial charge in [0.2, 0.25) is 0 Å². The lowest BCUT2D eigenvalue weighted by Crippen LogP contribution is -2.40. The van der Waals surface area contributed by atoms with Gasteiger partial charge in [0.05, 0.1) is 6.10 Å². The highest BCUT2D eigenvalue weighted by Crippen LogP contribution is 2.31.